The highest BCUT2D eigenvalue weighted by Crippen LogP contribution is 2.14. The Morgan fingerprint density at radius 1 is 1.25 bits per heavy atom. The zero-order chi connectivity index (χ0) is 18.2. The molecule has 1 atom stereocenters. The van der Waals surface area contributed by atoms with Gasteiger partial charge in [-0.1, -0.05) is 0 Å². The van der Waals surface area contributed by atoms with Gasteiger partial charge in [-0.15, -0.1) is 0 Å². The number of methoxy groups -OCH3 is 2. The molecule has 0 bridgehead atoms. The Labute approximate surface area is 139 Å². The van der Waals surface area contributed by atoms with E-state index in [9.17, 15) is 19.1 Å². The molecule has 1 aromatic carbocycles. The fraction of sp³-hybridized carbons (Fsp3) is 0.500. The van der Waals surface area contributed by atoms with Crippen LogP contribution in [0.4, 0.5) is 4.39 Å². The third-order valence-corrected chi connectivity index (χ3v) is 3.29. The van der Waals surface area contributed by atoms with Gasteiger partial charge in [0.15, 0.2) is 5.54 Å². The smallest absolute Gasteiger partial charge is 0.331 e. The Kier molecular flexibility index (Phi) is 7.76. The van der Waals surface area contributed by atoms with Crippen LogP contribution in [0.3, 0.4) is 0 Å². The molecule has 0 saturated heterocycles. The first-order valence-corrected chi connectivity index (χ1v) is 7.24. The summed E-state index contributed by atoms with van der Waals surface area (Å²) in [5, 5.41) is 11.6. The quantitative estimate of drug-likeness (QED) is 0.620. The van der Waals surface area contributed by atoms with Gasteiger partial charge in [-0.2, -0.15) is 0 Å². The van der Waals surface area contributed by atoms with Crippen molar-refractivity contribution >= 4 is 11.9 Å². The molecule has 0 spiro atoms. The van der Waals surface area contributed by atoms with Gasteiger partial charge in [-0.25, -0.2) is 9.18 Å². The van der Waals surface area contributed by atoms with Crippen LogP contribution in [0.15, 0.2) is 18.2 Å². The average molecular weight is 343 g/mol. The van der Waals surface area contributed by atoms with E-state index < -0.39 is 23.2 Å². The molecule has 134 valence electrons. The molecule has 1 rings (SSSR count). The van der Waals surface area contributed by atoms with Gasteiger partial charge in [0.25, 0.3) is 5.91 Å². The summed E-state index contributed by atoms with van der Waals surface area (Å²) in [5.41, 5.74) is -1.26. The van der Waals surface area contributed by atoms with Crippen molar-refractivity contribution in [3.05, 3.63) is 35.1 Å². The topological polar surface area (TPSA) is 94.1 Å². The van der Waals surface area contributed by atoms with Crippen molar-refractivity contribution in [2.75, 3.05) is 34.0 Å². The number of hydrogen-bond donors (Lipinski definition) is 2. The molecular weight excluding hydrogens is 321 g/mol. The molecule has 0 aliphatic rings. The highest BCUT2D eigenvalue weighted by molar-refractivity contribution is 5.97. The number of halogens is 1. The third-order valence-electron chi connectivity index (χ3n) is 3.29. The number of aliphatic carboxylic acids is 1. The number of rotatable bonds is 10. The van der Waals surface area contributed by atoms with Gasteiger partial charge in [0.1, 0.15) is 5.82 Å². The highest BCUT2D eigenvalue weighted by atomic mass is 19.1. The van der Waals surface area contributed by atoms with Gasteiger partial charge in [0.2, 0.25) is 0 Å². The standard InChI is InChI=1S/C16H22FNO6/c1-16(10-23-3,15(20)21)18-14(19)11-4-5-13(17)12(8-11)9-24-7-6-22-2/h4-5,8H,6-7,9-10H2,1-3H3,(H,18,19)(H,20,21). The van der Waals surface area contributed by atoms with E-state index in [1.165, 1.54) is 33.3 Å². The van der Waals surface area contributed by atoms with E-state index in [1.54, 1.807) is 0 Å². The van der Waals surface area contributed by atoms with Gasteiger partial charge in [0, 0.05) is 25.3 Å². The van der Waals surface area contributed by atoms with Crippen LogP contribution in [-0.2, 0) is 25.6 Å². The van der Waals surface area contributed by atoms with E-state index in [0.29, 0.717) is 6.61 Å². The van der Waals surface area contributed by atoms with E-state index in [4.69, 9.17) is 14.2 Å². The van der Waals surface area contributed by atoms with Gasteiger partial charge in [-0.05, 0) is 25.1 Å². The SMILES string of the molecule is COCCOCc1cc(C(=O)NC(C)(COC)C(=O)O)ccc1F. The number of ether oxygens (including phenoxy) is 3. The molecule has 1 amide bonds. The summed E-state index contributed by atoms with van der Waals surface area (Å²) in [6.07, 6.45) is 0. The normalized spacial score (nSPS) is 13.3. The third kappa shape index (κ3) is 5.55. The lowest BCUT2D eigenvalue weighted by Gasteiger charge is -2.25. The second-order valence-electron chi connectivity index (χ2n) is 5.38. The minimum Gasteiger partial charge on any atom is -0.479 e. The molecule has 0 radical (unpaired) electrons. The van der Waals surface area contributed by atoms with Crippen LogP contribution < -0.4 is 5.32 Å². The van der Waals surface area contributed by atoms with Crippen LogP contribution in [0.25, 0.3) is 0 Å². The van der Waals surface area contributed by atoms with Crippen LogP contribution in [0.2, 0.25) is 0 Å². The first kappa shape index (κ1) is 20.0. The molecular formula is C16H22FNO6. The molecule has 24 heavy (non-hydrogen) atoms. The van der Waals surface area contributed by atoms with Crippen molar-refractivity contribution in [2.45, 2.75) is 19.1 Å². The van der Waals surface area contributed by atoms with Gasteiger partial charge in [-0.3, -0.25) is 4.79 Å². The second-order valence-corrected chi connectivity index (χ2v) is 5.38. The Morgan fingerprint density at radius 2 is 1.96 bits per heavy atom. The van der Waals surface area contributed by atoms with E-state index >= 15 is 0 Å². The largest absolute Gasteiger partial charge is 0.479 e. The van der Waals surface area contributed by atoms with E-state index in [-0.39, 0.29) is 30.9 Å². The lowest BCUT2D eigenvalue weighted by Crippen LogP contribution is -2.55. The number of hydrogen-bond acceptors (Lipinski definition) is 5. The number of carboxylic acid groups (broad SMARTS) is 1. The van der Waals surface area contributed by atoms with E-state index in [0.717, 1.165) is 6.07 Å². The lowest BCUT2D eigenvalue weighted by atomic mass is 10.0. The summed E-state index contributed by atoms with van der Waals surface area (Å²) in [4.78, 5) is 23.6. The van der Waals surface area contributed by atoms with Crippen LogP contribution in [0, 0.1) is 5.82 Å². The number of nitrogens with one attached hydrogen (secondary N) is 1. The number of carbonyl (C=O) groups is 2. The van der Waals surface area contributed by atoms with Gasteiger partial charge >= 0.3 is 5.97 Å². The van der Waals surface area contributed by atoms with E-state index in [1.807, 2.05) is 0 Å². The second kappa shape index (κ2) is 9.31. The predicted molar refractivity (Wildman–Crippen MR) is 83.3 cm³/mol. The minimum absolute atomic E-state index is 0.0232. The van der Waals surface area contributed by atoms with Crippen LogP contribution >= 0.6 is 0 Å². The maximum Gasteiger partial charge on any atom is 0.331 e. The minimum atomic E-state index is -1.59. The monoisotopic (exact) mass is 343 g/mol. The number of carbonyl (C=O) groups excluding carboxylic acids is 1. The zero-order valence-electron chi connectivity index (χ0n) is 13.9. The summed E-state index contributed by atoms with van der Waals surface area (Å²) < 4.78 is 28.7. The zero-order valence-corrected chi connectivity index (χ0v) is 13.9. The highest BCUT2D eigenvalue weighted by Gasteiger charge is 2.35. The van der Waals surface area contributed by atoms with Crippen molar-refractivity contribution in [3.63, 3.8) is 0 Å². The Hall–Kier alpha value is -2.03. The van der Waals surface area contributed by atoms with Crippen molar-refractivity contribution in [1.82, 2.24) is 5.32 Å². The van der Waals surface area contributed by atoms with Crippen molar-refractivity contribution in [1.29, 1.82) is 0 Å². The van der Waals surface area contributed by atoms with Crippen LogP contribution in [0.1, 0.15) is 22.8 Å². The number of benzene rings is 1. The summed E-state index contributed by atoms with van der Waals surface area (Å²) in [6, 6.07) is 3.74. The molecule has 2 N–H and O–H groups in total. The Bertz CT molecular complexity index is 580. The Balaban J connectivity index is 2.85. The number of amides is 1. The molecule has 0 aliphatic heterocycles. The molecule has 0 heterocycles. The van der Waals surface area contributed by atoms with Gasteiger partial charge in [0.05, 0.1) is 26.4 Å². The molecule has 1 aromatic rings. The fourth-order valence-electron chi connectivity index (χ4n) is 1.91. The molecule has 0 saturated carbocycles. The molecule has 1 unspecified atom stereocenters. The molecule has 0 aromatic heterocycles. The summed E-state index contributed by atoms with van der Waals surface area (Å²) >= 11 is 0. The molecule has 0 aliphatic carbocycles. The van der Waals surface area contributed by atoms with Crippen molar-refractivity contribution in [2.24, 2.45) is 0 Å². The fourth-order valence-corrected chi connectivity index (χ4v) is 1.91. The Morgan fingerprint density at radius 3 is 2.54 bits per heavy atom. The van der Waals surface area contributed by atoms with E-state index in [2.05, 4.69) is 5.32 Å². The molecule has 8 heteroatoms. The van der Waals surface area contributed by atoms with Gasteiger partial charge < -0.3 is 24.6 Å². The lowest BCUT2D eigenvalue weighted by molar-refractivity contribution is -0.145. The molecule has 0 fully saturated rings. The first-order chi connectivity index (χ1) is 11.3. The van der Waals surface area contributed by atoms with Crippen LogP contribution in [-0.4, -0.2) is 56.6 Å². The summed E-state index contributed by atoms with van der Waals surface area (Å²) in [5.74, 6) is -2.39. The maximum atomic E-state index is 13.8. The van der Waals surface area contributed by atoms with Crippen molar-refractivity contribution < 1.29 is 33.3 Å². The van der Waals surface area contributed by atoms with Crippen LogP contribution in [0.5, 0.6) is 0 Å². The average Bonchev–Trinajstić information content (AvgIpc) is 2.53. The number of carboxylic acids is 1. The summed E-state index contributed by atoms with van der Waals surface area (Å²) in [6.45, 7) is 1.76. The summed E-state index contributed by atoms with van der Waals surface area (Å²) in [7, 11) is 2.86. The maximum absolute atomic E-state index is 13.8. The van der Waals surface area contributed by atoms with Crippen molar-refractivity contribution in [3.8, 4) is 0 Å². The first-order valence-electron chi connectivity index (χ1n) is 7.24. The predicted octanol–water partition coefficient (Wildman–Crippen LogP) is 1.21. The molecule has 7 nitrogen and oxygen atoms in total.